The van der Waals surface area contributed by atoms with Crippen molar-refractivity contribution in [1.82, 2.24) is 24.4 Å². The van der Waals surface area contributed by atoms with Crippen LogP contribution in [0.5, 0.6) is 5.75 Å². The molecule has 194 valence electrons. The average molecular weight is 532 g/mol. The summed E-state index contributed by atoms with van der Waals surface area (Å²) < 4.78 is 30.6. The Morgan fingerprint density at radius 1 is 1.26 bits per heavy atom. The Hall–Kier alpha value is -4.21. The van der Waals surface area contributed by atoms with Crippen molar-refractivity contribution >= 4 is 27.6 Å². The zero-order valence-electron chi connectivity index (χ0n) is 20.8. The molecule has 3 aliphatic rings. The van der Waals surface area contributed by atoms with Crippen LogP contribution in [0.15, 0.2) is 58.8 Å². The van der Waals surface area contributed by atoms with Gasteiger partial charge >= 0.3 is 0 Å². The fourth-order valence-electron chi connectivity index (χ4n) is 4.56. The van der Waals surface area contributed by atoms with Gasteiger partial charge in [0.1, 0.15) is 11.8 Å². The number of carbonyl (C=O) groups is 1. The number of rotatable bonds is 5. The predicted octanol–water partition coefficient (Wildman–Crippen LogP) is 1.60. The first kappa shape index (κ1) is 24.1. The standard InChI is InChI=1S/C26H25N7O4S/c1-26(9-10-26)30-38(36,37)19-6-8-22-20(12-19)24(35)32(16-17-13-29-31(2)15-17)25-28-14-18(33(22)25)5-7-21-23(34)4-3-11-27-21/h3-4,6,8,11-13,15,18,30,34H,9-10,14,16H2,1-2H3/t18-/m1/s1. The summed E-state index contributed by atoms with van der Waals surface area (Å²) in [5.74, 6) is 6.08. The summed E-state index contributed by atoms with van der Waals surface area (Å²) in [6, 6.07) is 7.22. The Balaban J connectivity index is 1.41. The van der Waals surface area contributed by atoms with E-state index in [1.807, 2.05) is 18.0 Å². The summed E-state index contributed by atoms with van der Waals surface area (Å²) in [4.78, 5) is 25.9. The number of aliphatic imine (C=N–C) groups is 1. The van der Waals surface area contributed by atoms with Gasteiger partial charge in [0.05, 0.1) is 35.4 Å². The normalized spacial score (nSPS) is 19.4. The van der Waals surface area contributed by atoms with Crippen LogP contribution in [0.3, 0.4) is 0 Å². The number of aryl methyl sites for hydroxylation is 1. The monoisotopic (exact) mass is 531 g/mol. The maximum atomic E-state index is 13.8. The first-order valence-corrected chi connectivity index (χ1v) is 13.6. The molecule has 1 saturated carbocycles. The third-order valence-corrected chi connectivity index (χ3v) is 8.45. The van der Waals surface area contributed by atoms with Crippen molar-refractivity contribution in [3.05, 3.63) is 65.7 Å². The highest BCUT2D eigenvalue weighted by molar-refractivity contribution is 7.89. The maximum absolute atomic E-state index is 13.8. The number of pyridine rings is 1. The lowest BCUT2D eigenvalue weighted by molar-refractivity contribution is 0.0833. The Labute approximate surface area is 219 Å². The number of hydrogen-bond donors (Lipinski definition) is 2. The lowest BCUT2D eigenvalue weighted by atomic mass is 10.1. The molecule has 0 saturated heterocycles. The van der Waals surface area contributed by atoms with Gasteiger partial charge in [-0.3, -0.25) is 19.3 Å². The minimum atomic E-state index is -3.82. The topological polar surface area (TPSA) is 133 Å². The van der Waals surface area contributed by atoms with E-state index in [9.17, 15) is 18.3 Å². The quantitative estimate of drug-likeness (QED) is 0.478. The molecule has 11 nitrogen and oxygen atoms in total. The third-order valence-electron chi connectivity index (χ3n) is 6.81. The van der Waals surface area contributed by atoms with Crippen LogP contribution in [0.2, 0.25) is 0 Å². The van der Waals surface area contributed by atoms with E-state index in [1.165, 1.54) is 23.1 Å². The molecule has 1 atom stereocenters. The number of sulfonamides is 1. The SMILES string of the molecule is Cn1cc(CN2C(=O)c3cc(S(=O)(=O)NC4(C)CC4)ccc3N3C2=NC[C@H]3C#Cc2ncccc2O)cn1. The molecule has 0 unspecified atom stereocenters. The van der Waals surface area contributed by atoms with Crippen molar-refractivity contribution in [2.24, 2.45) is 12.0 Å². The number of hydrogen-bond acceptors (Lipinski definition) is 8. The van der Waals surface area contributed by atoms with Gasteiger partial charge in [0.15, 0.2) is 5.69 Å². The van der Waals surface area contributed by atoms with E-state index in [1.54, 1.807) is 36.3 Å². The van der Waals surface area contributed by atoms with E-state index in [2.05, 4.69) is 31.6 Å². The van der Waals surface area contributed by atoms with Crippen LogP contribution in [0, 0.1) is 11.8 Å². The van der Waals surface area contributed by atoms with E-state index in [0.717, 1.165) is 18.4 Å². The molecule has 2 aliphatic heterocycles. The van der Waals surface area contributed by atoms with E-state index in [-0.39, 0.29) is 40.9 Å². The highest BCUT2D eigenvalue weighted by Gasteiger charge is 2.44. The fourth-order valence-corrected chi connectivity index (χ4v) is 6.05. The van der Waals surface area contributed by atoms with Gasteiger partial charge in [-0.05, 0) is 56.0 Å². The lowest BCUT2D eigenvalue weighted by Gasteiger charge is -2.37. The number of guanidine groups is 1. The summed E-state index contributed by atoms with van der Waals surface area (Å²) >= 11 is 0. The summed E-state index contributed by atoms with van der Waals surface area (Å²) in [7, 11) is -2.03. The van der Waals surface area contributed by atoms with E-state index < -0.39 is 21.6 Å². The Morgan fingerprint density at radius 3 is 2.79 bits per heavy atom. The second kappa shape index (κ2) is 8.68. The molecule has 0 radical (unpaired) electrons. The molecule has 1 fully saturated rings. The molecule has 0 spiro atoms. The first-order chi connectivity index (χ1) is 18.1. The van der Waals surface area contributed by atoms with Crippen LogP contribution in [-0.4, -0.2) is 63.2 Å². The maximum Gasteiger partial charge on any atom is 0.263 e. The zero-order valence-corrected chi connectivity index (χ0v) is 21.6. The van der Waals surface area contributed by atoms with Crippen molar-refractivity contribution in [1.29, 1.82) is 0 Å². The Bertz CT molecular complexity index is 1660. The molecule has 4 heterocycles. The zero-order chi connectivity index (χ0) is 26.7. The van der Waals surface area contributed by atoms with E-state index >= 15 is 0 Å². The van der Waals surface area contributed by atoms with Crippen LogP contribution in [-0.2, 0) is 23.6 Å². The van der Waals surface area contributed by atoms with Gasteiger partial charge in [-0.15, -0.1) is 0 Å². The first-order valence-electron chi connectivity index (χ1n) is 12.1. The van der Waals surface area contributed by atoms with Crippen molar-refractivity contribution in [3.8, 4) is 17.6 Å². The van der Waals surface area contributed by atoms with Gasteiger partial charge in [-0.25, -0.2) is 23.1 Å². The molecule has 3 aromatic rings. The fraction of sp³-hybridized carbons (Fsp3) is 0.308. The second-order valence-electron chi connectivity index (χ2n) is 9.93. The molecular formula is C26H25N7O4S. The highest BCUT2D eigenvalue weighted by atomic mass is 32.2. The van der Waals surface area contributed by atoms with Crippen LogP contribution < -0.4 is 9.62 Å². The number of aromatic hydroxyl groups is 1. The minimum absolute atomic E-state index is 0.0275. The number of nitrogens with one attached hydrogen (secondary N) is 1. The van der Waals surface area contributed by atoms with Crippen molar-refractivity contribution < 1.29 is 18.3 Å². The van der Waals surface area contributed by atoms with Crippen molar-refractivity contribution in [2.75, 3.05) is 11.4 Å². The number of anilines is 1. The highest BCUT2D eigenvalue weighted by Crippen LogP contribution is 2.38. The molecule has 2 aromatic heterocycles. The predicted molar refractivity (Wildman–Crippen MR) is 139 cm³/mol. The lowest BCUT2D eigenvalue weighted by Crippen LogP contribution is -2.52. The second-order valence-corrected chi connectivity index (χ2v) is 11.6. The molecule has 1 aliphatic carbocycles. The number of nitrogens with zero attached hydrogens (tertiary/aromatic N) is 6. The summed E-state index contributed by atoms with van der Waals surface area (Å²) in [5, 5.41) is 14.3. The molecule has 2 N–H and O–H groups in total. The van der Waals surface area contributed by atoms with Gasteiger partial charge in [-0.2, -0.15) is 5.10 Å². The van der Waals surface area contributed by atoms with E-state index in [0.29, 0.717) is 11.6 Å². The van der Waals surface area contributed by atoms with Crippen LogP contribution in [0.4, 0.5) is 5.69 Å². The molecule has 12 heteroatoms. The van der Waals surface area contributed by atoms with Crippen LogP contribution in [0.1, 0.15) is 41.4 Å². The summed E-state index contributed by atoms with van der Waals surface area (Å²) in [6.45, 7) is 2.35. The van der Waals surface area contributed by atoms with Gasteiger partial charge in [-0.1, -0.05) is 5.92 Å². The Kier molecular flexibility index (Phi) is 5.51. The average Bonchev–Trinajstić information content (AvgIpc) is 3.24. The van der Waals surface area contributed by atoms with Crippen LogP contribution >= 0.6 is 0 Å². The summed E-state index contributed by atoms with van der Waals surface area (Å²) in [5.41, 5.74) is 1.35. The number of amides is 1. The number of carbonyl (C=O) groups excluding carboxylic acids is 1. The number of benzene rings is 1. The van der Waals surface area contributed by atoms with Gasteiger partial charge in [0.25, 0.3) is 5.91 Å². The number of fused-ring (bicyclic) bond motifs is 3. The van der Waals surface area contributed by atoms with Gasteiger partial charge in [0.2, 0.25) is 16.0 Å². The van der Waals surface area contributed by atoms with Crippen molar-refractivity contribution in [2.45, 2.75) is 42.8 Å². The summed E-state index contributed by atoms with van der Waals surface area (Å²) in [6.07, 6.45) is 6.57. The van der Waals surface area contributed by atoms with E-state index in [4.69, 9.17) is 0 Å². The largest absolute Gasteiger partial charge is 0.505 e. The Morgan fingerprint density at radius 2 is 2.08 bits per heavy atom. The number of aromatic nitrogens is 3. The smallest absolute Gasteiger partial charge is 0.263 e. The van der Waals surface area contributed by atoms with Crippen LogP contribution in [0.25, 0.3) is 0 Å². The van der Waals surface area contributed by atoms with Crippen molar-refractivity contribution in [3.63, 3.8) is 0 Å². The minimum Gasteiger partial charge on any atom is -0.505 e. The molecule has 0 bridgehead atoms. The molecule has 6 rings (SSSR count). The molecule has 1 amide bonds. The van der Waals surface area contributed by atoms with Gasteiger partial charge in [0, 0.05) is 30.5 Å². The molecular weight excluding hydrogens is 506 g/mol. The molecule has 38 heavy (non-hydrogen) atoms. The third kappa shape index (κ3) is 4.29. The molecule has 1 aromatic carbocycles. The van der Waals surface area contributed by atoms with Gasteiger partial charge < -0.3 is 5.11 Å².